The van der Waals surface area contributed by atoms with Crippen molar-refractivity contribution < 1.29 is 9.53 Å². The van der Waals surface area contributed by atoms with Crippen molar-refractivity contribution >= 4 is 34.1 Å². The van der Waals surface area contributed by atoms with Crippen molar-refractivity contribution in [1.29, 1.82) is 0 Å². The molecule has 2 N–H and O–H groups in total. The maximum Gasteiger partial charge on any atom is 0.340 e. The van der Waals surface area contributed by atoms with E-state index in [1.807, 2.05) is 24.3 Å². The molecule has 0 aliphatic rings. The van der Waals surface area contributed by atoms with Gasteiger partial charge in [0.25, 0.3) is 0 Å². The average molecular weight is 293 g/mol. The number of benzene rings is 1. The smallest absolute Gasteiger partial charge is 0.340 e. The summed E-state index contributed by atoms with van der Waals surface area (Å²) in [5.74, 6) is 1.43. The molecule has 1 aromatic heterocycles. The number of anilines is 1. The van der Waals surface area contributed by atoms with Crippen molar-refractivity contribution in [2.75, 3.05) is 12.8 Å². The van der Waals surface area contributed by atoms with E-state index in [4.69, 9.17) is 5.73 Å². The second-order valence-electron chi connectivity index (χ2n) is 3.96. The topological polar surface area (TPSA) is 52.3 Å². The van der Waals surface area contributed by atoms with Crippen LogP contribution in [0.1, 0.15) is 20.8 Å². The summed E-state index contributed by atoms with van der Waals surface area (Å²) in [5.41, 5.74) is 7.58. The van der Waals surface area contributed by atoms with Gasteiger partial charge in [0.2, 0.25) is 0 Å². The molecule has 0 radical (unpaired) electrons. The Morgan fingerprint density at radius 2 is 2.05 bits per heavy atom. The third-order valence-electron chi connectivity index (χ3n) is 2.57. The number of ether oxygens (including phenoxy) is 1. The number of methoxy groups -OCH3 is 1. The predicted octanol–water partition coefficient (Wildman–Crippen LogP) is 3.55. The van der Waals surface area contributed by atoms with Gasteiger partial charge in [-0.3, -0.25) is 0 Å². The molecule has 19 heavy (non-hydrogen) atoms. The van der Waals surface area contributed by atoms with E-state index in [2.05, 4.69) is 16.9 Å². The van der Waals surface area contributed by atoms with Crippen molar-refractivity contribution in [3.05, 3.63) is 52.4 Å². The lowest BCUT2D eigenvalue weighted by Crippen LogP contribution is -2.01. The number of hydrogen-bond donors (Lipinski definition) is 1. The standard InChI is InChI=1S/C14H15NO2S2/c1-17-14(16)12-7-11(19-13(12)15)9-18-8-10-5-3-2-4-6-10/h2-7H,8-9,15H2,1H3. The molecule has 100 valence electrons. The summed E-state index contributed by atoms with van der Waals surface area (Å²) in [6.07, 6.45) is 0. The van der Waals surface area contributed by atoms with Crippen LogP contribution in [0.4, 0.5) is 5.00 Å². The van der Waals surface area contributed by atoms with Crippen LogP contribution in [-0.2, 0) is 16.2 Å². The van der Waals surface area contributed by atoms with Gasteiger partial charge in [0.1, 0.15) is 5.00 Å². The number of nitrogen functional groups attached to an aromatic ring is 1. The zero-order valence-corrected chi connectivity index (χ0v) is 12.2. The lowest BCUT2D eigenvalue weighted by molar-refractivity contribution is 0.0602. The molecule has 0 aliphatic carbocycles. The normalized spacial score (nSPS) is 10.4. The lowest BCUT2D eigenvalue weighted by atomic mass is 10.2. The summed E-state index contributed by atoms with van der Waals surface area (Å²) < 4.78 is 4.69. The van der Waals surface area contributed by atoms with Gasteiger partial charge in [-0.05, 0) is 11.6 Å². The lowest BCUT2D eigenvalue weighted by Gasteiger charge is -1.99. The van der Waals surface area contributed by atoms with Crippen LogP contribution in [0.2, 0.25) is 0 Å². The van der Waals surface area contributed by atoms with Crippen LogP contribution >= 0.6 is 23.1 Å². The molecule has 0 spiro atoms. The fourth-order valence-electron chi connectivity index (χ4n) is 1.64. The Hall–Kier alpha value is -1.46. The molecule has 0 saturated heterocycles. The first-order chi connectivity index (χ1) is 9.20. The molecular weight excluding hydrogens is 278 g/mol. The zero-order chi connectivity index (χ0) is 13.7. The van der Waals surface area contributed by atoms with Gasteiger partial charge in [-0.1, -0.05) is 30.3 Å². The van der Waals surface area contributed by atoms with Crippen LogP contribution < -0.4 is 5.73 Å². The summed E-state index contributed by atoms with van der Waals surface area (Å²) in [6.45, 7) is 0. The highest BCUT2D eigenvalue weighted by Gasteiger charge is 2.14. The van der Waals surface area contributed by atoms with Crippen molar-refractivity contribution in [1.82, 2.24) is 0 Å². The summed E-state index contributed by atoms with van der Waals surface area (Å²) in [4.78, 5) is 12.5. The largest absolute Gasteiger partial charge is 0.465 e. The Bertz CT molecular complexity index is 552. The number of nitrogens with two attached hydrogens (primary N) is 1. The zero-order valence-electron chi connectivity index (χ0n) is 10.6. The number of hydrogen-bond acceptors (Lipinski definition) is 5. The monoisotopic (exact) mass is 293 g/mol. The van der Waals surface area contributed by atoms with Gasteiger partial charge < -0.3 is 10.5 Å². The van der Waals surface area contributed by atoms with Gasteiger partial charge in [0.15, 0.2) is 0 Å². The first-order valence-electron chi connectivity index (χ1n) is 5.79. The number of thiophene rings is 1. The number of carbonyl (C=O) groups is 1. The minimum absolute atomic E-state index is 0.368. The SMILES string of the molecule is COC(=O)c1cc(CSCc2ccccc2)sc1N. The van der Waals surface area contributed by atoms with E-state index in [1.54, 1.807) is 11.8 Å². The van der Waals surface area contributed by atoms with Crippen LogP contribution in [-0.4, -0.2) is 13.1 Å². The highest BCUT2D eigenvalue weighted by atomic mass is 32.2. The van der Waals surface area contributed by atoms with Gasteiger partial charge in [-0.25, -0.2) is 4.79 Å². The Morgan fingerprint density at radius 3 is 2.74 bits per heavy atom. The van der Waals surface area contributed by atoms with E-state index in [0.717, 1.165) is 16.4 Å². The summed E-state index contributed by atoms with van der Waals surface area (Å²) >= 11 is 3.25. The summed E-state index contributed by atoms with van der Waals surface area (Å²) in [6, 6.07) is 12.1. The molecule has 0 fully saturated rings. The highest BCUT2D eigenvalue weighted by Crippen LogP contribution is 2.29. The van der Waals surface area contributed by atoms with Gasteiger partial charge in [0.05, 0.1) is 12.7 Å². The number of carbonyl (C=O) groups excluding carboxylic acids is 1. The number of rotatable bonds is 5. The molecular formula is C14H15NO2S2. The van der Waals surface area contributed by atoms with Crippen LogP contribution in [0.25, 0.3) is 0 Å². The molecule has 0 atom stereocenters. The van der Waals surface area contributed by atoms with Gasteiger partial charge in [-0.2, -0.15) is 11.8 Å². The molecule has 5 heteroatoms. The Morgan fingerprint density at radius 1 is 1.32 bits per heavy atom. The quantitative estimate of drug-likeness (QED) is 0.857. The molecule has 3 nitrogen and oxygen atoms in total. The van der Waals surface area contributed by atoms with Gasteiger partial charge in [-0.15, -0.1) is 11.3 Å². The molecule has 0 unspecified atom stereocenters. The number of esters is 1. The first kappa shape index (κ1) is 14.0. The Kier molecular flexibility index (Phi) is 4.87. The third kappa shape index (κ3) is 3.75. The highest BCUT2D eigenvalue weighted by molar-refractivity contribution is 7.97. The Labute approximate surface area is 120 Å². The van der Waals surface area contributed by atoms with E-state index >= 15 is 0 Å². The van der Waals surface area contributed by atoms with E-state index < -0.39 is 0 Å². The van der Waals surface area contributed by atoms with E-state index in [0.29, 0.717) is 10.6 Å². The minimum atomic E-state index is -0.368. The minimum Gasteiger partial charge on any atom is -0.465 e. The predicted molar refractivity (Wildman–Crippen MR) is 81.5 cm³/mol. The van der Waals surface area contributed by atoms with Gasteiger partial charge in [0, 0.05) is 16.4 Å². The molecule has 0 amide bonds. The average Bonchev–Trinajstić information content (AvgIpc) is 2.80. The van der Waals surface area contributed by atoms with Crippen molar-refractivity contribution in [3.63, 3.8) is 0 Å². The van der Waals surface area contributed by atoms with Gasteiger partial charge >= 0.3 is 5.97 Å². The van der Waals surface area contributed by atoms with Crippen molar-refractivity contribution in [3.8, 4) is 0 Å². The molecule has 1 aromatic carbocycles. The molecule has 1 heterocycles. The fraction of sp³-hybridized carbons (Fsp3) is 0.214. The van der Waals surface area contributed by atoms with E-state index in [-0.39, 0.29) is 5.97 Å². The third-order valence-corrected chi connectivity index (χ3v) is 4.77. The second kappa shape index (κ2) is 6.63. The van der Waals surface area contributed by atoms with E-state index in [9.17, 15) is 4.79 Å². The number of thioether (sulfide) groups is 1. The van der Waals surface area contributed by atoms with Crippen molar-refractivity contribution in [2.24, 2.45) is 0 Å². The molecule has 0 aliphatic heterocycles. The summed E-state index contributed by atoms with van der Waals surface area (Å²) in [7, 11) is 1.36. The fourth-order valence-corrected chi connectivity index (χ4v) is 3.65. The first-order valence-corrected chi connectivity index (χ1v) is 7.76. The molecule has 0 saturated carbocycles. The van der Waals surface area contributed by atoms with Crippen LogP contribution in [0.3, 0.4) is 0 Å². The molecule has 2 rings (SSSR count). The maximum atomic E-state index is 11.4. The second-order valence-corrected chi connectivity index (χ2v) is 6.11. The van der Waals surface area contributed by atoms with E-state index in [1.165, 1.54) is 24.0 Å². The Balaban J connectivity index is 1.92. The summed E-state index contributed by atoms with van der Waals surface area (Å²) in [5, 5.41) is 0.530. The van der Waals surface area contributed by atoms with Crippen LogP contribution in [0, 0.1) is 0 Å². The van der Waals surface area contributed by atoms with Crippen LogP contribution in [0.5, 0.6) is 0 Å². The molecule has 2 aromatic rings. The van der Waals surface area contributed by atoms with Crippen molar-refractivity contribution in [2.45, 2.75) is 11.5 Å². The maximum absolute atomic E-state index is 11.4. The molecule has 0 bridgehead atoms. The van der Waals surface area contributed by atoms with Crippen LogP contribution in [0.15, 0.2) is 36.4 Å².